The molecule has 0 N–H and O–H groups in total. The number of rotatable bonds is 5. The fraction of sp³-hybridized carbons (Fsp3) is 0.300. The first-order chi connectivity index (χ1) is 10.4. The van der Waals surface area contributed by atoms with Crippen LogP contribution in [-0.4, -0.2) is 12.2 Å². The summed E-state index contributed by atoms with van der Waals surface area (Å²) in [6.45, 7) is 0. The lowest BCUT2D eigenvalue weighted by Crippen LogP contribution is -2.26. The summed E-state index contributed by atoms with van der Waals surface area (Å²) in [5, 5.41) is 0. The van der Waals surface area contributed by atoms with Crippen LogP contribution < -0.4 is 0 Å². The highest BCUT2D eigenvalue weighted by molar-refractivity contribution is 5.18. The summed E-state index contributed by atoms with van der Waals surface area (Å²) in [6.07, 6.45) is 9.28. The monoisotopic (exact) mass is 278 g/mol. The van der Waals surface area contributed by atoms with E-state index in [1.165, 1.54) is 11.1 Å². The van der Waals surface area contributed by atoms with Crippen molar-refractivity contribution in [2.24, 2.45) is 0 Å². The largest absolute Gasteiger partial charge is 0.370 e. The van der Waals surface area contributed by atoms with Crippen molar-refractivity contribution < 1.29 is 4.74 Å². The third-order valence-corrected chi connectivity index (χ3v) is 3.99. The molecule has 21 heavy (non-hydrogen) atoms. The standard InChI is InChI=1S/C20H22O/c1-3-8-17(9-4-1)14-15-19-12-7-13-20(21-19)16-18-10-5-2-6-11-18/h1-11,13,19-20H,12,14-16H2/t19-,20+/m1/s1. The molecule has 2 atom stereocenters. The fourth-order valence-electron chi connectivity index (χ4n) is 2.85. The maximum Gasteiger partial charge on any atom is 0.0800 e. The van der Waals surface area contributed by atoms with E-state index in [2.05, 4.69) is 72.8 Å². The predicted octanol–water partition coefficient (Wildman–Crippen LogP) is 4.58. The molecule has 0 fully saturated rings. The second-order valence-electron chi connectivity index (χ2n) is 5.67. The van der Waals surface area contributed by atoms with E-state index in [1.807, 2.05) is 0 Å². The molecule has 108 valence electrons. The molecule has 0 radical (unpaired) electrons. The first-order valence-electron chi connectivity index (χ1n) is 7.80. The topological polar surface area (TPSA) is 9.23 Å². The molecule has 1 heteroatoms. The summed E-state index contributed by atoms with van der Waals surface area (Å²) in [5.41, 5.74) is 2.74. The Labute approximate surface area is 127 Å². The van der Waals surface area contributed by atoms with Gasteiger partial charge in [-0.05, 0) is 30.4 Å². The molecule has 1 aliphatic rings. The van der Waals surface area contributed by atoms with Gasteiger partial charge in [0, 0.05) is 6.42 Å². The number of aryl methyl sites for hydroxylation is 1. The number of ether oxygens (including phenoxy) is 1. The molecular weight excluding hydrogens is 256 g/mol. The minimum Gasteiger partial charge on any atom is -0.370 e. The maximum atomic E-state index is 6.23. The Balaban J connectivity index is 1.51. The lowest BCUT2D eigenvalue weighted by atomic mass is 10.0. The van der Waals surface area contributed by atoms with Crippen molar-refractivity contribution in [3.05, 3.63) is 83.9 Å². The van der Waals surface area contributed by atoms with Crippen molar-refractivity contribution in [2.45, 2.75) is 37.9 Å². The van der Waals surface area contributed by atoms with Crippen LogP contribution in [0.5, 0.6) is 0 Å². The van der Waals surface area contributed by atoms with Crippen LogP contribution in [0.4, 0.5) is 0 Å². The van der Waals surface area contributed by atoms with Gasteiger partial charge >= 0.3 is 0 Å². The quantitative estimate of drug-likeness (QED) is 0.728. The second kappa shape index (κ2) is 7.24. The third kappa shape index (κ3) is 4.30. The lowest BCUT2D eigenvalue weighted by molar-refractivity contribution is 0.00242. The molecule has 0 unspecified atom stereocenters. The van der Waals surface area contributed by atoms with Crippen molar-refractivity contribution in [3.8, 4) is 0 Å². The Bertz CT molecular complexity index is 559. The molecule has 0 amide bonds. The molecule has 0 bridgehead atoms. The van der Waals surface area contributed by atoms with Gasteiger partial charge in [-0.1, -0.05) is 72.8 Å². The van der Waals surface area contributed by atoms with Crippen molar-refractivity contribution in [1.29, 1.82) is 0 Å². The molecule has 2 aromatic carbocycles. The normalized spacial score (nSPS) is 21.3. The molecule has 0 aromatic heterocycles. The van der Waals surface area contributed by atoms with E-state index in [0.29, 0.717) is 6.10 Å². The Morgan fingerprint density at radius 3 is 2.24 bits per heavy atom. The summed E-state index contributed by atoms with van der Waals surface area (Å²) in [6, 6.07) is 21.3. The van der Waals surface area contributed by atoms with Crippen LogP contribution in [0.25, 0.3) is 0 Å². The Hall–Kier alpha value is -1.86. The van der Waals surface area contributed by atoms with Crippen molar-refractivity contribution in [1.82, 2.24) is 0 Å². The average molecular weight is 278 g/mol. The van der Waals surface area contributed by atoms with Crippen LogP contribution in [0, 0.1) is 0 Å². The summed E-state index contributed by atoms with van der Waals surface area (Å²) in [5.74, 6) is 0. The Morgan fingerprint density at radius 2 is 1.52 bits per heavy atom. The molecule has 0 aliphatic carbocycles. The summed E-state index contributed by atoms with van der Waals surface area (Å²) < 4.78 is 6.23. The van der Waals surface area contributed by atoms with E-state index < -0.39 is 0 Å². The van der Waals surface area contributed by atoms with Crippen molar-refractivity contribution in [3.63, 3.8) is 0 Å². The number of hydrogen-bond donors (Lipinski definition) is 0. The van der Waals surface area contributed by atoms with Gasteiger partial charge in [0.2, 0.25) is 0 Å². The zero-order valence-corrected chi connectivity index (χ0v) is 12.3. The molecule has 0 spiro atoms. The van der Waals surface area contributed by atoms with Crippen LogP contribution in [0.1, 0.15) is 24.0 Å². The van der Waals surface area contributed by atoms with E-state index in [9.17, 15) is 0 Å². The zero-order chi connectivity index (χ0) is 14.3. The number of hydrogen-bond acceptors (Lipinski definition) is 1. The van der Waals surface area contributed by atoms with E-state index in [0.717, 1.165) is 25.7 Å². The van der Waals surface area contributed by atoms with Crippen LogP contribution in [0.15, 0.2) is 72.8 Å². The highest BCUT2D eigenvalue weighted by Crippen LogP contribution is 2.20. The van der Waals surface area contributed by atoms with Gasteiger partial charge in [0.25, 0.3) is 0 Å². The third-order valence-electron chi connectivity index (χ3n) is 3.99. The average Bonchev–Trinajstić information content (AvgIpc) is 2.55. The minimum atomic E-state index is 0.224. The van der Waals surface area contributed by atoms with E-state index in [4.69, 9.17) is 4.74 Å². The summed E-state index contributed by atoms with van der Waals surface area (Å²) in [4.78, 5) is 0. The van der Waals surface area contributed by atoms with Gasteiger partial charge in [-0.25, -0.2) is 0 Å². The minimum absolute atomic E-state index is 0.224. The smallest absolute Gasteiger partial charge is 0.0800 e. The maximum absolute atomic E-state index is 6.23. The van der Waals surface area contributed by atoms with E-state index in [1.54, 1.807) is 0 Å². The number of benzene rings is 2. The molecular formula is C20H22O. The van der Waals surface area contributed by atoms with Crippen molar-refractivity contribution >= 4 is 0 Å². The molecule has 3 rings (SSSR count). The zero-order valence-electron chi connectivity index (χ0n) is 12.3. The van der Waals surface area contributed by atoms with Gasteiger partial charge in [0.15, 0.2) is 0 Å². The second-order valence-corrected chi connectivity index (χ2v) is 5.67. The van der Waals surface area contributed by atoms with Crippen LogP contribution in [0.3, 0.4) is 0 Å². The molecule has 1 aliphatic heterocycles. The van der Waals surface area contributed by atoms with Crippen LogP contribution >= 0.6 is 0 Å². The molecule has 0 saturated heterocycles. The highest BCUT2D eigenvalue weighted by Gasteiger charge is 2.18. The van der Waals surface area contributed by atoms with Crippen LogP contribution in [0.2, 0.25) is 0 Å². The van der Waals surface area contributed by atoms with E-state index in [-0.39, 0.29) is 6.10 Å². The van der Waals surface area contributed by atoms with Gasteiger partial charge in [-0.2, -0.15) is 0 Å². The van der Waals surface area contributed by atoms with Crippen molar-refractivity contribution in [2.75, 3.05) is 0 Å². The fourth-order valence-corrected chi connectivity index (χ4v) is 2.85. The predicted molar refractivity (Wildman–Crippen MR) is 87.3 cm³/mol. The lowest BCUT2D eigenvalue weighted by Gasteiger charge is -2.26. The molecule has 2 aromatic rings. The Kier molecular flexibility index (Phi) is 4.86. The van der Waals surface area contributed by atoms with E-state index >= 15 is 0 Å². The molecule has 1 heterocycles. The first-order valence-corrected chi connectivity index (χ1v) is 7.80. The molecule has 1 nitrogen and oxygen atoms in total. The van der Waals surface area contributed by atoms with Gasteiger partial charge in [0.05, 0.1) is 12.2 Å². The van der Waals surface area contributed by atoms with Gasteiger partial charge in [-0.15, -0.1) is 0 Å². The Morgan fingerprint density at radius 1 is 0.857 bits per heavy atom. The van der Waals surface area contributed by atoms with Gasteiger partial charge in [-0.3, -0.25) is 0 Å². The summed E-state index contributed by atoms with van der Waals surface area (Å²) in [7, 11) is 0. The van der Waals surface area contributed by atoms with Crippen LogP contribution in [-0.2, 0) is 17.6 Å². The first kappa shape index (κ1) is 14.1. The highest BCUT2D eigenvalue weighted by atomic mass is 16.5. The molecule has 0 saturated carbocycles. The van der Waals surface area contributed by atoms with Gasteiger partial charge in [0.1, 0.15) is 0 Å². The SMILES string of the molecule is C1=C[C@@H](Cc2ccccc2)O[C@@H](CCc2ccccc2)C1. The van der Waals surface area contributed by atoms with Gasteiger partial charge < -0.3 is 4.74 Å². The summed E-state index contributed by atoms with van der Waals surface area (Å²) >= 11 is 0.